The Labute approximate surface area is 225 Å². The second-order valence-corrected chi connectivity index (χ2v) is 10.2. The molecule has 10 heteroatoms. The highest BCUT2D eigenvalue weighted by Gasteiger charge is 2.36. The molecule has 8 nitrogen and oxygen atoms in total. The van der Waals surface area contributed by atoms with E-state index in [4.69, 9.17) is 16.3 Å². The molecule has 0 aliphatic carbocycles. The smallest absolute Gasteiger partial charge is 0.339 e. The van der Waals surface area contributed by atoms with Crippen LogP contribution in [0.2, 0.25) is 5.02 Å². The summed E-state index contributed by atoms with van der Waals surface area (Å²) in [5.74, 6) is -1.68. The molecule has 2 aliphatic heterocycles. The second-order valence-electron chi connectivity index (χ2n) is 8.79. The lowest BCUT2D eigenvalue weighted by Crippen LogP contribution is -2.36. The van der Waals surface area contributed by atoms with Crippen LogP contribution in [-0.2, 0) is 14.3 Å². The first-order chi connectivity index (χ1) is 17.9. The summed E-state index contributed by atoms with van der Waals surface area (Å²) in [6, 6.07) is 12.3. The fourth-order valence-corrected chi connectivity index (χ4v) is 5.07. The highest BCUT2D eigenvalue weighted by atomic mass is 35.5. The van der Waals surface area contributed by atoms with E-state index in [1.807, 2.05) is 31.2 Å². The molecule has 194 valence electrons. The van der Waals surface area contributed by atoms with Crippen LogP contribution in [0, 0.1) is 0 Å². The number of nitrogens with zero attached hydrogens (tertiary/aromatic N) is 2. The lowest BCUT2D eigenvalue weighted by Gasteiger charge is -2.17. The van der Waals surface area contributed by atoms with Crippen molar-refractivity contribution >= 4 is 63.8 Å². The summed E-state index contributed by atoms with van der Waals surface area (Å²) in [7, 11) is 0. The Hall–Kier alpha value is -3.30. The van der Waals surface area contributed by atoms with Crippen molar-refractivity contribution in [2.45, 2.75) is 32.6 Å². The molecule has 2 aromatic carbocycles. The summed E-state index contributed by atoms with van der Waals surface area (Å²) in [5, 5.41) is 2.29. The van der Waals surface area contributed by atoms with E-state index in [1.54, 1.807) is 6.08 Å². The van der Waals surface area contributed by atoms with Gasteiger partial charge in [-0.2, -0.15) is 0 Å². The predicted octanol–water partition coefficient (Wildman–Crippen LogP) is 5.57. The molecule has 2 heterocycles. The third-order valence-electron chi connectivity index (χ3n) is 6.04. The van der Waals surface area contributed by atoms with Crippen LogP contribution in [0.5, 0.6) is 0 Å². The number of unbranched alkanes of at least 4 members (excludes halogenated alkanes) is 1. The third-order valence-corrected chi connectivity index (χ3v) is 7.28. The Kier molecular flexibility index (Phi) is 8.89. The molecular weight excluding hydrogens is 514 g/mol. The van der Waals surface area contributed by atoms with E-state index in [2.05, 4.69) is 10.2 Å². The number of ether oxygens (including phenoxy) is 1. The van der Waals surface area contributed by atoms with Gasteiger partial charge < -0.3 is 15.0 Å². The second kappa shape index (κ2) is 12.3. The van der Waals surface area contributed by atoms with Gasteiger partial charge in [0, 0.05) is 24.5 Å². The summed E-state index contributed by atoms with van der Waals surface area (Å²) < 4.78 is 5.19. The van der Waals surface area contributed by atoms with Gasteiger partial charge in [0.1, 0.15) is 6.54 Å². The number of anilines is 2. The van der Waals surface area contributed by atoms with E-state index in [0.29, 0.717) is 5.69 Å². The van der Waals surface area contributed by atoms with Crippen LogP contribution in [0.15, 0.2) is 47.4 Å². The van der Waals surface area contributed by atoms with Crippen LogP contribution in [0.4, 0.5) is 16.2 Å². The average Bonchev–Trinajstić information content (AvgIpc) is 3.51. The maximum absolute atomic E-state index is 12.8. The Morgan fingerprint density at radius 3 is 2.54 bits per heavy atom. The van der Waals surface area contributed by atoms with Gasteiger partial charge in [-0.15, -0.1) is 0 Å². The highest BCUT2D eigenvalue weighted by Crippen LogP contribution is 2.32. The minimum atomic E-state index is -0.584. The lowest BCUT2D eigenvalue weighted by atomic mass is 10.2. The van der Waals surface area contributed by atoms with Crippen LogP contribution in [0.1, 0.15) is 48.5 Å². The number of hydrogen-bond donors (Lipinski definition) is 1. The van der Waals surface area contributed by atoms with Crippen molar-refractivity contribution in [2.75, 3.05) is 36.5 Å². The predicted molar refractivity (Wildman–Crippen MR) is 146 cm³/mol. The van der Waals surface area contributed by atoms with Gasteiger partial charge in [-0.05, 0) is 73.0 Å². The van der Waals surface area contributed by atoms with Crippen LogP contribution in [-0.4, -0.2) is 54.2 Å². The molecule has 37 heavy (non-hydrogen) atoms. The van der Waals surface area contributed by atoms with Gasteiger partial charge in [-0.25, -0.2) is 4.79 Å². The number of hydrogen-bond acceptors (Lipinski definition) is 7. The Balaban J connectivity index is 1.37. The quantitative estimate of drug-likeness (QED) is 0.252. The summed E-state index contributed by atoms with van der Waals surface area (Å²) >= 11 is 6.92. The minimum Gasteiger partial charge on any atom is -0.462 e. The lowest BCUT2D eigenvalue weighted by molar-refractivity contribution is -0.127. The number of thioether (sulfide) groups is 1. The normalized spacial score (nSPS) is 16.5. The topological polar surface area (TPSA) is 96.0 Å². The SMILES string of the molecule is CCCCOC(=O)c1cc(NC(=O)CN2C(=O)S/C(=C/c3ccc(N4CCCC4)cc3)C2=O)ccc1Cl. The zero-order chi connectivity index (χ0) is 26.4. The van der Waals surface area contributed by atoms with Crippen molar-refractivity contribution in [3.8, 4) is 0 Å². The van der Waals surface area contributed by atoms with Crippen molar-refractivity contribution in [1.82, 2.24) is 4.90 Å². The maximum atomic E-state index is 12.8. The summed E-state index contributed by atoms with van der Waals surface area (Å²) in [6.45, 7) is 3.89. The Morgan fingerprint density at radius 1 is 1.11 bits per heavy atom. The fourth-order valence-electron chi connectivity index (χ4n) is 4.03. The van der Waals surface area contributed by atoms with Gasteiger partial charge in [-0.3, -0.25) is 19.3 Å². The molecule has 2 fully saturated rings. The van der Waals surface area contributed by atoms with Crippen LogP contribution in [0.25, 0.3) is 6.08 Å². The van der Waals surface area contributed by atoms with Gasteiger partial charge in [0.2, 0.25) is 5.91 Å². The monoisotopic (exact) mass is 541 g/mol. The first-order valence-electron chi connectivity index (χ1n) is 12.2. The first kappa shape index (κ1) is 26.8. The zero-order valence-corrected chi connectivity index (χ0v) is 22.1. The van der Waals surface area contributed by atoms with Crippen LogP contribution >= 0.6 is 23.4 Å². The molecule has 1 N–H and O–H groups in total. The molecule has 3 amide bonds. The van der Waals surface area contributed by atoms with Gasteiger partial charge >= 0.3 is 5.97 Å². The van der Waals surface area contributed by atoms with Crippen molar-refractivity contribution in [1.29, 1.82) is 0 Å². The molecule has 0 aromatic heterocycles. The zero-order valence-electron chi connectivity index (χ0n) is 20.5. The molecular formula is C27H28ClN3O5S. The van der Waals surface area contributed by atoms with E-state index >= 15 is 0 Å². The average molecular weight is 542 g/mol. The molecule has 0 bridgehead atoms. The fraction of sp³-hybridized carbons (Fsp3) is 0.333. The summed E-state index contributed by atoms with van der Waals surface area (Å²) in [5.41, 5.74) is 2.37. The molecule has 0 unspecified atom stereocenters. The highest BCUT2D eigenvalue weighted by molar-refractivity contribution is 8.18. The van der Waals surface area contributed by atoms with E-state index in [9.17, 15) is 19.2 Å². The Morgan fingerprint density at radius 2 is 1.84 bits per heavy atom. The van der Waals surface area contributed by atoms with E-state index in [1.165, 1.54) is 31.0 Å². The van der Waals surface area contributed by atoms with Crippen molar-refractivity contribution in [2.24, 2.45) is 0 Å². The van der Waals surface area contributed by atoms with Gasteiger partial charge in [0.15, 0.2) is 0 Å². The third kappa shape index (κ3) is 6.72. The number of imide groups is 1. The van der Waals surface area contributed by atoms with E-state index < -0.39 is 29.6 Å². The van der Waals surface area contributed by atoms with Gasteiger partial charge in [0.05, 0.1) is 22.1 Å². The van der Waals surface area contributed by atoms with Crippen molar-refractivity contribution in [3.63, 3.8) is 0 Å². The molecule has 0 radical (unpaired) electrons. The molecule has 2 saturated heterocycles. The number of carbonyl (C=O) groups is 4. The molecule has 2 aliphatic rings. The van der Waals surface area contributed by atoms with Crippen LogP contribution in [0.3, 0.4) is 0 Å². The molecule has 0 atom stereocenters. The molecule has 2 aromatic rings. The van der Waals surface area contributed by atoms with Crippen molar-refractivity contribution in [3.05, 3.63) is 63.5 Å². The number of halogens is 1. The number of esters is 1. The number of nitrogens with one attached hydrogen (secondary N) is 1. The van der Waals surface area contributed by atoms with Crippen molar-refractivity contribution < 1.29 is 23.9 Å². The number of benzene rings is 2. The molecule has 0 spiro atoms. The first-order valence-corrected chi connectivity index (χ1v) is 13.4. The van der Waals surface area contributed by atoms with E-state index in [0.717, 1.165) is 53.8 Å². The number of amides is 3. The number of rotatable bonds is 9. The van der Waals surface area contributed by atoms with Gasteiger partial charge in [-0.1, -0.05) is 37.1 Å². The summed E-state index contributed by atoms with van der Waals surface area (Å²) in [6.07, 6.45) is 5.65. The minimum absolute atomic E-state index is 0.125. The van der Waals surface area contributed by atoms with E-state index in [-0.39, 0.29) is 22.1 Å². The summed E-state index contributed by atoms with van der Waals surface area (Å²) in [4.78, 5) is 53.7. The molecule has 0 saturated carbocycles. The van der Waals surface area contributed by atoms with Crippen LogP contribution < -0.4 is 10.2 Å². The van der Waals surface area contributed by atoms with Gasteiger partial charge in [0.25, 0.3) is 11.1 Å². The largest absolute Gasteiger partial charge is 0.462 e. The molecule has 4 rings (SSSR count). The number of carbonyl (C=O) groups excluding carboxylic acids is 4. The maximum Gasteiger partial charge on any atom is 0.339 e. The Bertz CT molecular complexity index is 1230. The standard InChI is InChI=1S/C27H28ClN3O5S/c1-2-3-14-36-26(34)21-16-19(8-11-22(21)28)29-24(32)17-31-25(33)23(37-27(31)35)15-18-6-9-20(10-7-18)30-12-4-5-13-30/h6-11,15-16H,2-5,12-14,17H2,1H3,(H,29,32)/b23-15+.